The molecule has 0 aromatic heterocycles. The van der Waals surface area contributed by atoms with Gasteiger partial charge in [-0.2, -0.15) is 0 Å². The molecule has 0 fully saturated rings. The van der Waals surface area contributed by atoms with Gasteiger partial charge in [0.15, 0.2) is 0 Å². The van der Waals surface area contributed by atoms with Crippen molar-refractivity contribution in [2.45, 2.75) is 45.2 Å². The average molecular weight is 291 g/mol. The van der Waals surface area contributed by atoms with Crippen LogP contribution in [0.25, 0.3) is 0 Å². The van der Waals surface area contributed by atoms with Gasteiger partial charge in [-0.25, -0.2) is 0 Å². The quantitative estimate of drug-likeness (QED) is 0.846. The van der Waals surface area contributed by atoms with E-state index in [1.807, 2.05) is 13.8 Å². The van der Waals surface area contributed by atoms with Crippen molar-refractivity contribution in [3.63, 3.8) is 0 Å². The van der Waals surface area contributed by atoms with Crippen LogP contribution in [0.4, 0.5) is 13.2 Å². The van der Waals surface area contributed by atoms with Gasteiger partial charge in [0.2, 0.25) is 0 Å². The van der Waals surface area contributed by atoms with Gasteiger partial charge in [0.05, 0.1) is 5.60 Å². The second-order valence-corrected chi connectivity index (χ2v) is 5.21. The van der Waals surface area contributed by atoms with E-state index in [1.165, 1.54) is 18.2 Å². The molecule has 3 nitrogen and oxygen atoms in total. The molecule has 0 amide bonds. The zero-order chi connectivity index (χ0) is 15.4. The van der Waals surface area contributed by atoms with Crippen molar-refractivity contribution < 1.29 is 23.0 Å². The summed E-state index contributed by atoms with van der Waals surface area (Å²) in [6.07, 6.45) is -4.34. The van der Waals surface area contributed by atoms with Crippen LogP contribution in [0.2, 0.25) is 0 Å². The first-order valence-corrected chi connectivity index (χ1v) is 6.42. The first-order valence-electron chi connectivity index (χ1n) is 6.42. The molecule has 0 saturated carbocycles. The predicted octanol–water partition coefficient (Wildman–Crippen LogP) is 3.18. The van der Waals surface area contributed by atoms with Crippen molar-refractivity contribution in [2.75, 3.05) is 6.54 Å². The van der Waals surface area contributed by atoms with Crippen LogP contribution in [0.5, 0.6) is 5.75 Å². The maximum Gasteiger partial charge on any atom is 0.573 e. The summed E-state index contributed by atoms with van der Waals surface area (Å²) in [5.74, 6) is -0.327. The van der Waals surface area contributed by atoms with Crippen LogP contribution >= 0.6 is 0 Å². The Morgan fingerprint density at radius 3 is 2.50 bits per heavy atom. The summed E-state index contributed by atoms with van der Waals surface area (Å²) in [5.41, 5.74) is -0.822. The van der Waals surface area contributed by atoms with E-state index in [0.717, 1.165) is 0 Å². The van der Waals surface area contributed by atoms with Crippen molar-refractivity contribution >= 4 is 0 Å². The topological polar surface area (TPSA) is 41.5 Å². The van der Waals surface area contributed by atoms with Crippen LogP contribution in [0.15, 0.2) is 24.3 Å². The van der Waals surface area contributed by atoms with Crippen LogP contribution in [0.3, 0.4) is 0 Å². The van der Waals surface area contributed by atoms with Gasteiger partial charge in [-0.15, -0.1) is 13.2 Å². The van der Waals surface area contributed by atoms with E-state index in [1.54, 1.807) is 13.0 Å². The minimum atomic E-state index is -4.73. The normalized spacial score (nSPS) is 15.2. The second kappa shape index (κ2) is 6.45. The number of aliphatic hydroxyl groups is 1. The van der Waals surface area contributed by atoms with Gasteiger partial charge < -0.3 is 15.2 Å². The molecule has 1 rings (SSSR count). The molecule has 0 radical (unpaired) electrons. The molecular weight excluding hydrogens is 271 g/mol. The smallest absolute Gasteiger partial charge is 0.406 e. The van der Waals surface area contributed by atoms with Gasteiger partial charge >= 0.3 is 6.36 Å². The Bertz CT molecular complexity index is 431. The molecule has 6 heteroatoms. The van der Waals surface area contributed by atoms with Crippen molar-refractivity contribution in [2.24, 2.45) is 0 Å². The highest BCUT2D eigenvalue weighted by atomic mass is 19.4. The molecule has 114 valence electrons. The van der Waals surface area contributed by atoms with Crippen LogP contribution in [0.1, 0.15) is 32.8 Å². The van der Waals surface area contributed by atoms with Crippen molar-refractivity contribution in [3.05, 3.63) is 29.8 Å². The van der Waals surface area contributed by atoms with E-state index in [0.29, 0.717) is 18.5 Å². The molecule has 1 aromatic carbocycles. The minimum Gasteiger partial charge on any atom is -0.406 e. The van der Waals surface area contributed by atoms with Crippen molar-refractivity contribution in [1.82, 2.24) is 5.32 Å². The highest BCUT2D eigenvalue weighted by Crippen LogP contribution is 2.29. The number of benzene rings is 1. The van der Waals surface area contributed by atoms with Gasteiger partial charge in [0.1, 0.15) is 5.75 Å². The summed E-state index contributed by atoms with van der Waals surface area (Å²) in [7, 11) is 0. The maximum absolute atomic E-state index is 12.2. The predicted molar refractivity (Wildman–Crippen MR) is 70.5 cm³/mol. The Kier molecular flexibility index (Phi) is 5.42. The number of alkyl halides is 3. The molecule has 20 heavy (non-hydrogen) atoms. The highest BCUT2D eigenvalue weighted by Gasteiger charge is 2.32. The summed E-state index contributed by atoms with van der Waals surface area (Å²) in [5, 5.41) is 13.5. The fraction of sp³-hybridized carbons (Fsp3) is 0.571. The van der Waals surface area contributed by atoms with Gasteiger partial charge in [-0.05, 0) is 37.6 Å². The highest BCUT2D eigenvalue weighted by molar-refractivity contribution is 5.32. The lowest BCUT2D eigenvalue weighted by Crippen LogP contribution is -2.31. The van der Waals surface area contributed by atoms with E-state index in [4.69, 9.17) is 0 Å². The number of hydrogen-bond donors (Lipinski definition) is 2. The zero-order valence-electron chi connectivity index (χ0n) is 11.8. The number of rotatable bonds is 6. The Morgan fingerprint density at radius 1 is 1.30 bits per heavy atom. The number of halogens is 3. The lowest BCUT2D eigenvalue weighted by atomic mass is 9.92. The Labute approximate surface area is 116 Å². The first-order chi connectivity index (χ1) is 9.10. The SMILES string of the molecule is CC(C)NCCC(C)(O)c1cccc(OC(F)(F)F)c1. The molecule has 0 spiro atoms. The monoisotopic (exact) mass is 291 g/mol. The summed E-state index contributed by atoms with van der Waals surface area (Å²) < 4.78 is 40.4. The third kappa shape index (κ3) is 5.79. The lowest BCUT2D eigenvalue weighted by Gasteiger charge is -2.25. The summed E-state index contributed by atoms with van der Waals surface area (Å²) in [6, 6.07) is 5.72. The molecule has 1 atom stereocenters. The van der Waals surface area contributed by atoms with Gasteiger partial charge in [-0.1, -0.05) is 26.0 Å². The molecule has 1 unspecified atom stereocenters. The zero-order valence-corrected chi connectivity index (χ0v) is 11.8. The van der Waals surface area contributed by atoms with Gasteiger partial charge in [-0.3, -0.25) is 0 Å². The first kappa shape index (κ1) is 16.8. The lowest BCUT2D eigenvalue weighted by molar-refractivity contribution is -0.274. The largest absolute Gasteiger partial charge is 0.573 e. The van der Waals surface area contributed by atoms with E-state index >= 15 is 0 Å². The standard InChI is InChI=1S/C14H20F3NO2/c1-10(2)18-8-7-13(3,19)11-5-4-6-12(9-11)20-14(15,16)17/h4-6,9-10,18-19H,7-8H2,1-3H3. The molecule has 0 aliphatic rings. The van der Waals surface area contributed by atoms with Crippen LogP contribution in [0, 0.1) is 0 Å². The molecule has 0 heterocycles. The van der Waals surface area contributed by atoms with E-state index < -0.39 is 12.0 Å². The fourth-order valence-corrected chi connectivity index (χ4v) is 1.78. The summed E-state index contributed by atoms with van der Waals surface area (Å²) in [6.45, 7) is 6.09. The molecule has 0 saturated heterocycles. The summed E-state index contributed by atoms with van der Waals surface area (Å²) in [4.78, 5) is 0. The Balaban J connectivity index is 2.76. The fourth-order valence-electron chi connectivity index (χ4n) is 1.78. The van der Waals surface area contributed by atoms with Crippen LogP contribution < -0.4 is 10.1 Å². The number of ether oxygens (including phenoxy) is 1. The van der Waals surface area contributed by atoms with E-state index in [-0.39, 0.29) is 11.8 Å². The van der Waals surface area contributed by atoms with Crippen molar-refractivity contribution in [1.29, 1.82) is 0 Å². The Hall–Kier alpha value is -1.27. The number of nitrogens with one attached hydrogen (secondary N) is 1. The van der Waals surface area contributed by atoms with Crippen LogP contribution in [-0.2, 0) is 5.60 Å². The van der Waals surface area contributed by atoms with Gasteiger partial charge in [0, 0.05) is 6.04 Å². The minimum absolute atomic E-state index is 0.283. The second-order valence-electron chi connectivity index (χ2n) is 5.21. The third-order valence-electron chi connectivity index (χ3n) is 2.85. The third-order valence-corrected chi connectivity index (χ3v) is 2.85. The molecular formula is C14H20F3NO2. The molecule has 0 aliphatic heterocycles. The molecule has 0 bridgehead atoms. The molecule has 2 N–H and O–H groups in total. The van der Waals surface area contributed by atoms with Crippen LogP contribution in [-0.4, -0.2) is 24.1 Å². The van der Waals surface area contributed by atoms with Crippen molar-refractivity contribution in [3.8, 4) is 5.75 Å². The molecule has 1 aromatic rings. The molecule has 0 aliphatic carbocycles. The average Bonchev–Trinajstić information content (AvgIpc) is 2.26. The summed E-state index contributed by atoms with van der Waals surface area (Å²) >= 11 is 0. The number of hydrogen-bond acceptors (Lipinski definition) is 3. The van der Waals surface area contributed by atoms with E-state index in [9.17, 15) is 18.3 Å². The maximum atomic E-state index is 12.2. The van der Waals surface area contributed by atoms with Gasteiger partial charge in [0.25, 0.3) is 0 Å². The Morgan fingerprint density at radius 2 is 1.95 bits per heavy atom. The van der Waals surface area contributed by atoms with E-state index in [2.05, 4.69) is 10.1 Å².